The molecule has 2 rings (SSSR count). The first kappa shape index (κ1) is 19.0. The maximum absolute atomic E-state index is 4.48. The molecule has 0 aliphatic rings. The number of imidazole rings is 1. The van der Waals surface area contributed by atoms with E-state index in [1.54, 1.807) is 0 Å². The molecule has 0 bridgehead atoms. The van der Waals surface area contributed by atoms with Crippen LogP contribution in [-0.2, 0) is 13.1 Å². The summed E-state index contributed by atoms with van der Waals surface area (Å²) < 4.78 is 2.17. The fraction of sp³-hybridized carbons (Fsp3) is 0.500. The van der Waals surface area contributed by atoms with Crippen LogP contribution in [0.15, 0.2) is 47.7 Å². The Bertz CT molecular complexity index is 633. The summed E-state index contributed by atoms with van der Waals surface area (Å²) in [4.78, 5) is 8.80. The molecule has 0 saturated heterocycles. The zero-order valence-corrected chi connectivity index (χ0v) is 15.7. The van der Waals surface area contributed by atoms with Crippen molar-refractivity contribution in [3.8, 4) is 0 Å². The molecule has 0 amide bonds. The number of aliphatic imine (C=N–C) groups is 1. The SMILES string of the molecule is CCCCCC(C)NC(=NC)NCc1nccn1Cc1ccccc1. The number of unbranched alkanes of at least 4 members (excludes halogenated alkanes) is 2. The fourth-order valence-corrected chi connectivity index (χ4v) is 2.79. The van der Waals surface area contributed by atoms with Crippen molar-refractivity contribution in [3.63, 3.8) is 0 Å². The van der Waals surface area contributed by atoms with Crippen LogP contribution in [0.3, 0.4) is 0 Å². The predicted molar refractivity (Wildman–Crippen MR) is 105 cm³/mol. The van der Waals surface area contributed by atoms with Gasteiger partial charge in [0, 0.05) is 32.0 Å². The second kappa shape index (κ2) is 10.5. The van der Waals surface area contributed by atoms with Crippen molar-refractivity contribution >= 4 is 5.96 Å². The molecule has 0 fully saturated rings. The molecule has 5 nitrogen and oxygen atoms in total. The molecule has 2 N–H and O–H groups in total. The highest BCUT2D eigenvalue weighted by molar-refractivity contribution is 5.79. The van der Waals surface area contributed by atoms with Gasteiger partial charge in [-0.15, -0.1) is 0 Å². The van der Waals surface area contributed by atoms with Crippen LogP contribution in [-0.4, -0.2) is 28.6 Å². The lowest BCUT2D eigenvalue weighted by Crippen LogP contribution is -2.42. The minimum atomic E-state index is 0.418. The topological polar surface area (TPSA) is 54.2 Å². The van der Waals surface area contributed by atoms with Crippen LogP contribution in [0.2, 0.25) is 0 Å². The van der Waals surface area contributed by atoms with Crippen LogP contribution >= 0.6 is 0 Å². The molecule has 0 aliphatic heterocycles. The first-order valence-electron chi connectivity index (χ1n) is 9.24. The average molecular weight is 342 g/mol. The molecule has 0 saturated carbocycles. The Morgan fingerprint density at radius 2 is 2.04 bits per heavy atom. The summed E-state index contributed by atoms with van der Waals surface area (Å²) in [5.41, 5.74) is 1.27. The van der Waals surface area contributed by atoms with E-state index < -0.39 is 0 Å². The van der Waals surface area contributed by atoms with Crippen molar-refractivity contribution in [2.24, 2.45) is 4.99 Å². The molecule has 136 valence electrons. The van der Waals surface area contributed by atoms with Gasteiger partial charge in [0.1, 0.15) is 5.82 Å². The summed E-state index contributed by atoms with van der Waals surface area (Å²) in [6, 6.07) is 10.9. The highest BCUT2D eigenvalue weighted by Gasteiger charge is 2.07. The minimum Gasteiger partial charge on any atom is -0.354 e. The van der Waals surface area contributed by atoms with Crippen molar-refractivity contribution in [1.29, 1.82) is 0 Å². The van der Waals surface area contributed by atoms with Crippen LogP contribution in [0.4, 0.5) is 0 Å². The van der Waals surface area contributed by atoms with E-state index in [1.807, 2.05) is 25.5 Å². The zero-order valence-electron chi connectivity index (χ0n) is 15.7. The van der Waals surface area contributed by atoms with Gasteiger partial charge >= 0.3 is 0 Å². The molecule has 1 heterocycles. The Balaban J connectivity index is 1.84. The lowest BCUT2D eigenvalue weighted by Gasteiger charge is -2.18. The summed E-state index contributed by atoms with van der Waals surface area (Å²) in [5, 5.41) is 6.83. The Kier molecular flexibility index (Phi) is 8.02. The third kappa shape index (κ3) is 6.61. The van der Waals surface area contributed by atoms with Gasteiger partial charge < -0.3 is 15.2 Å². The molecular weight excluding hydrogens is 310 g/mol. The smallest absolute Gasteiger partial charge is 0.191 e. The molecule has 0 radical (unpaired) electrons. The fourth-order valence-electron chi connectivity index (χ4n) is 2.79. The first-order chi connectivity index (χ1) is 12.2. The maximum atomic E-state index is 4.48. The monoisotopic (exact) mass is 341 g/mol. The van der Waals surface area contributed by atoms with Gasteiger partial charge in [0.05, 0.1) is 6.54 Å². The summed E-state index contributed by atoms with van der Waals surface area (Å²) in [5.74, 6) is 1.84. The molecular formula is C20H31N5. The number of nitrogens with one attached hydrogen (secondary N) is 2. The van der Waals surface area contributed by atoms with Gasteiger partial charge in [-0.1, -0.05) is 56.5 Å². The van der Waals surface area contributed by atoms with E-state index in [2.05, 4.69) is 63.3 Å². The second-order valence-electron chi connectivity index (χ2n) is 6.42. The van der Waals surface area contributed by atoms with Crippen LogP contribution in [0.5, 0.6) is 0 Å². The van der Waals surface area contributed by atoms with Gasteiger partial charge in [0.25, 0.3) is 0 Å². The van der Waals surface area contributed by atoms with Crippen LogP contribution in [0.25, 0.3) is 0 Å². The molecule has 25 heavy (non-hydrogen) atoms. The minimum absolute atomic E-state index is 0.418. The Morgan fingerprint density at radius 1 is 1.24 bits per heavy atom. The quantitative estimate of drug-likeness (QED) is 0.416. The first-order valence-corrected chi connectivity index (χ1v) is 9.24. The molecule has 1 atom stereocenters. The van der Waals surface area contributed by atoms with Gasteiger partial charge in [-0.25, -0.2) is 4.98 Å². The molecule has 1 aromatic heterocycles. The van der Waals surface area contributed by atoms with Crippen molar-refractivity contribution in [3.05, 3.63) is 54.1 Å². The second-order valence-corrected chi connectivity index (χ2v) is 6.42. The van der Waals surface area contributed by atoms with Gasteiger partial charge in [-0.3, -0.25) is 4.99 Å². The largest absolute Gasteiger partial charge is 0.354 e. The number of aromatic nitrogens is 2. The van der Waals surface area contributed by atoms with Gasteiger partial charge in [0.15, 0.2) is 5.96 Å². The van der Waals surface area contributed by atoms with E-state index in [1.165, 1.54) is 24.8 Å². The molecule has 5 heteroatoms. The Hall–Kier alpha value is -2.30. The van der Waals surface area contributed by atoms with E-state index in [0.29, 0.717) is 12.6 Å². The van der Waals surface area contributed by atoms with Crippen LogP contribution in [0, 0.1) is 0 Å². The van der Waals surface area contributed by atoms with E-state index in [9.17, 15) is 0 Å². The van der Waals surface area contributed by atoms with Crippen molar-refractivity contribution in [2.75, 3.05) is 7.05 Å². The van der Waals surface area contributed by atoms with Crippen LogP contribution < -0.4 is 10.6 Å². The van der Waals surface area contributed by atoms with Crippen LogP contribution in [0.1, 0.15) is 50.9 Å². The van der Waals surface area contributed by atoms with Crippen molar-refractivity contribution < 1.29 is 0 Å². The third-order valence-electron chi connectivity index (χ3n) is 4.26. The number of rotatable bonds is 9. The Labute approximate surface area is 151 Å². The predicted octanol–water partition coefficient (Wildman–Crippen LogP) is 3.57. The number of hydrogen-bond acceptors (Lipinski definition) is 2. The highest BCUT2D eigenvalue weighted by Crippen LogP contribution is 2.06. The number of nitrogens with zero attached hydrogens (tertiary/aromatic N) is 3. The van der Waals surface area contributed by atoms with E-state index in [4.69, 9.17) is 0 Å². The lowest BCUT2D eigenvalue weighted by atomic mass is 10.1. The van der Waals surface area contributed by atoms with Gasteiger partial charge in [-0.05, 0) is 18.9 Å². The van der Waals surface area contributed by atoms with Crippen molar-refractivity contribution in [2.45, 2.75) is 58.7 Å². The van der Waals surface area contributed by atoms with E-state index in [-0.39, 0.29) is 0 Å². The van der Waals surface area contributed by atoms with Gasteiger partial charge in [0.2, 0.25) is 0 Å². The normalized spacial score (nSPS) is 12.8. The molecule has 1 unspecified atom stereocenters. The standard InChI is InChI=1S/C20H31N5/c1-4-5-7-10-17(2)24-20(21-3)23-15-19-22-13-14-25(19)16-18-11-8-6-9-12-18/h6,8-9,11-14,17H,4-5,7,10,15-16H2,1-3H3,(H2,21,23,24). The lowest BCUT2D eigenvalue weighted by molar-refractivity contribution is 0.545. The molecule has 1 aromatic carbocycles. The van der Waals surface area contributed by atoms with Crippen molar-refractivity contribution in [1.82, 2.24) is 20.2 Å². The molecule has 0 aliphatic carbocycles. The average Bonchev–Trinajstić information content (AvgIpc) is 3.06. The number of benzene rings is 1. The third-order valence-corrected chi connectivity index (χ3v) is 4.26. The molecule has 0 spiro atoms. The summed E-state index contributed by atoms with van der Waals surface area (Å²) in [7, 11) is 1.81. The summed E-state index contributed by atoms with van der Waals surface area (Å²) in [6.45, 7) is 5.92. The number of hydrogen-bond donors (Lipinski definition) is 2. The summed E-state index contributed by atoms with van der Waals surface area (Å²) in [6.07, 6.45) is 8.83. The zero-order chi connectivity index (χ0) is 17.9. The summed E-state index contributed by atoms with van der Waals surface area (Å²) >= 11 is 0. The Morgan fingerprint density at radius 3 is 2.76 bits per heavy atom. The molecule has 2 aromatic rings. The number of guanidine groups is 1. The van der Waals surface area contributed by atoms with E-state index in [0.717, 1.165) is 24.7 Å². The maximum Gasteiger partial charge on any atom is 0.191 e. The van der Waals surface area contributed by atoms with Gasteiger partial charge in [-0.2, -0.15) is 0 Å². The van der Waals surface area contributed by atoms with E-state index >= 15 is 0 Å². The highest BCUT2D eigenvalue weighted by atomic mass is 15.2.